The lowest BCUT2D eigenvalue weighted by Crippen LogP contribution is -2.15. The normalized spacial score (nSPS) is 21.0. The van der Waals surface area contributed by atoms with Gasteiger partial charge in [0.15, 0.2) is 0 Å². The molecule has 142 valence electrons. The van der Waals surface area contributed by atoms with Crippen LogP contribution in [0.3, 0.4) is 0 Å². The van der Waals surface area contributed by atoms with E-state index in [1.165, 1.54) is 89.0 Å². The van der Waals surface area contributed by atoms with Crippen molar-refractivity contribution in [2.75, 3.05) is 0 Å². The second-order valence-corrected chi connectivity index (χ2v) is 8.61. The Morgan fingerprint density at radius 1 is 0.760 bits per heavy atom. The molecule has 0 nitrogen and oxygen atoms in total. The molecule has 0 radical (unpaired) electrons. The highest BCUT2D eigenvalue weighted by molar-refractivity contribution is 5.22. The highest BCUT2D eigenvalue weighted by atomic mass is 14.3. The van der Waals surface area contributed by atoms with Crippen molar-refractivity contribution in [3.05, 3.63) is 35.4 Å². The first-order valence-electron chi connectivity index (χ1n) is 11.3. The zero-order valence-electron chi connectivity index (χ0n) is 17.2. The fourth-order valence-corrected chi connectivity index (χ4v) is 4.75. The van der Waals surface area contributed by atoms with Crippen LogP contribution in [0.4, 0.5) is 0 Å². The van der Waals surface area contributed by atoms with Crippen LogP contribution in [0.5, 0.6) is 0 Å². The van der Waals surface area contributed by atoms with Gasteiger partial charge >= 0.3 is 0 Å². The van der Waals surface area contributed by atoms with Gasteiger partial charge in [-0.3, -0.25) is 0 Å². The van der Waals surface area contributed by atoms with Crippen LogP contribution in [0.1, 0.15) is 103 Å². The van der Waals surface area contributed by atoms with Gasteiger partial charge in [0.2, 0.25) is 0 Å². The molecule has 0 spiro atoms. The van der Waals surface area contributed by atoms with E-state index >= 15 is 0 Å². The zero-order chi connectivity index (χ0) is 17.9. The fourth-order valence-electron chi connectivity index (χ4n) is 4.75. The summed E-state index contributed by atoms with van der Waals surface area (Å²) < 4.78 is 0. The van der Waals surface area contributed by atoms with Crippen LogP contribution < -0.4 is 0 Å². The van der Waals surface area contributed by atoms with Gasteiger partial charge in [-0.15, -0.1) is 0 Å². The minimum atomic E-state index is 0.937. The molecule has 0 N–H and O–H groups in total. The van der Waals surface area contributed by atoms with E-state index in [-0.39, 0.29) is 0 Å². The van der Waals surface area contributed by atoms with Crippen molar-refractivity contribution >= 4 is 0 Å². The molecule has 1 aliphatic carbocycles. The minimum Gasteiger partial charge on any atom is -0.0654 e. The summed E-state index contributed by atoms with van der Waals surface area (Å²) in [4.78, 5) is 0. The van der Waals surface area contributed by atoms with E-state index < -0.39 is 0 Å². The molecule has 0 aromatic heterocycles. The summed E-state index contributed by atoms with van der Waals surface area (Å²) in [5.41, 5.74) is 3.09. The van der Waals surface area contributed by atoms with Gasteiger partial charge in [0, 0.05) is 0 Å². The van der Waals surface area contributed by atoms with Gasteiger partial charge < -0.3 is 0 Å². The smallest absolute Gasteiger partial charge is 0.0276 e. The summed E-state index contributed by atoms with van der Waals surface area (Å²) in [5, 5.41) is 0. The molecule has 1 aromatic rings. The van der Waals surface area contributed by atoms with Crippen molar-refractivity contribution in [2.24, 2.45) is 17.8 Å². The van der Waals surface area contributed by atoms with Gasteiger partial charge in [0.05, 0.1) is 0 Å². The van der Waals surface area contributed by atoms with E-state index in [1.54, 1.807) is 5.56 Å². The van der Waals surface area contributed by atoms with Crippen molar-refractivity contribution in [3.63, 3.8) is 0 Å². The Kier molecular flexibility index (Phi) is 9.66. The molecule has 0 unspecified atom stereocenters. The first-order valence-corrected chi connectivity index (χ1v) is 11.3. The fraction of sp³-hybridized carbons (Fsp3) is 0.760. The maximum absolute atomic E-state index is 2.40. The van der Waals surface area contributed by atoms with Crippen molar-refractivity contribution in [1.29, 1.82) is 0 Å². The highest BCUT2D eigenvalue weighted by Gasteiger charge is 2.20. The largest absolute Gasteiger partial charge is 0.0654 e. The van der Waals surface area contributed by atoms with Crippen LogP contribution in [-0.2, 0) is 12.8 Å². The van der Waals surface area contributed by atoms with E-state index in [1.807, 2.05) is 0 Å². The number of hydrogen-bond acceptors (Lipinski definition) is 0. The van der Waals surface area contributed by atoms with Crippen LogP contribution in [0.25, 0.3) is 0 Å². The number of aryl methyl sites for hydroxylation is 2. The van der Waals surface area contributed by atoms with Gasteiger partial charge in [0.1, 0.15) is 0 Å². The van der Waals surface area contributed by atoms with Gasteiger partial charge in [-0.1, -0.05) is 103 Å². The third-order valence-electron chi connectivity index (χ3n) is 6.76. The summed E-state index contributed by atoms with van der Waals surface area (Å²) in [6, 6.07) is 9.57. The quantitative estimate of drug-likeness (QED) is 0.382. The van der Waals surface area contributed by atoms with E-state index in [2.05, 4.69) is 45.0 Å². The average molecular weight is 343 g/mol. The summed E-state index contributed by atoms with van der Waals surface area (Å²) >= 11 is 0. The lowest BCUT2D eigenvalue weighted by Gasteiger charge is -2.28. The predicted octanol–water partition coefficient (Wildman–Crippen LogP) is 7.98. The first kappa shape index (κ1) is 20.5. The third kappa shape index (κ3) is 7.55. The lowest BCUT2D eigenvalue weighted by molar-refractivity contribution is 0.252. The Morgan fingerprint density at radius 3 is 1.80 bits per heavy atom. The average Bonchev–Trinajstić information content (AvgIpc) is 2.66. The molecule has 0 saturated heterocycles. The van der Waals surface area contributed by atoms with Crippen LogP contribution in [0.2, 0.25) is 0 Å². The molecule has 0 amide bonds. The van der Waals surface area contributed by atoms with Gasteiger partial charge in [-0.2, -0.15) is 0 Å². The van der Waals surface area contributed by atoms with Crippen molar-refractivity contribution in [2.45, 2.75) is 104 Å². The predicted molar refractivity (Wildman–Crippen MR) is 112 cm³/mol. The van der Waals surface area contributed by atoms with Gasteiger partial charge in [-0.25, -0.2) is 0 Å². The van der Waals surface area contributed by atoms with E-state index in [0.29, 0.717) is 0 Å². The Morgan fingerprint density at radius 2 is 1.28 bits per heavy atom. The Labute approximate surface area is 157 Å². The molecule has 0 heteroatoms. The molecule has 0 heterocycles. The summed E-state index contributed by atoms with van der Waals surface area (Å²) in [6.07, 6.45) is 18.2. The van der Waals surface area contributed by atoms with E-state index in [0.717, 1.165) is 17.8 Å². The topological polar surface area (TPSA) is 0 Å². The van der Waals surface area contributed by atoms with E-state index in [4.69, 9.17) is 0 Å². The minimum absolute atomic E-state index is 0.937. The molecule has 0 aliphatic heterocycles. The van der Waals surface area contributed by atoms with Crippen LogP contribution in [0, 0.1) is 17.8 Å². The lowest BCUT2D eigenvalue weighted by atomic mass is 9.78. The number of hydrogen-bond donors (Lipinski definition) is 0. The molecule has 1 aromatic carbocycles. The molecule has 1 aliphatic rings. The monoisotopic (exact) mass is 342 g/mol. The molecule has 1 fully saturated rings. The maximum atomic E-state index is 2.40. The Balaban J connectivity index is 1.65. The highest BCUT2D eigenvalue weighted by Crippen LogP contribution is 2.33. The van der Waals surface area contributed by atoms with Crippen molar-refractivity contribution in [1.82, 2.24) is 0 Å². The molecule has 0 atom stereocenters. The van der Waals surface area contributed by atoms with Gasteiger partial charge in [-0.05, 0) is 54.6 Å². The zero-order valence-corrected chi connectivity index (χ0v) is 17.2. The molecule has 2 rings (SSSR count). The van der Waals surface area contributed by atoms with E-state index in [9.17, 15) is 0 Å². The SMILES string of the molecule is CCC[C@H]1CC[C@H](CCc2ccc(CCCC(CC)CC)cc2)CC1. The van der Waals surface area contributed by atoms with Crippen LogP contribution in [0.15, 0.2) is 24.3 Å². The molecule has 0 bridgehead atoms. The van der Waals surface area contributed by atoms with Gasteiger partial charge in [0.25, 0.3) is 0 Å². The second kappa shape index (κ2) is 11.8. The molecule has 1 saturated carbocycles. The molecule has 25 heavy (non-hydrogen) atoms. The Bertz CT molecular complexity index is 432. The van der Waals surface area contributed by atoms with Crippen LogP contribution >= 0.6 is 0 Å². The third-order valence-corrected chi connectivity index (χ3v) is 6.76. The van der Waals surface area contributed by atoms with Crippen molar-refractivity contribution < 1.29 is 0 Å². The number of rotatable bonds is 11. The molecular weight excluding hydrogens is 300 g/mol. The van der Waals surface area contributed by atoms with Crippen LogP contribution in [-0.4, -0.2) is 0 Å². The Hall–Kier alpha value is -0.780. The standard InChI is InChI=1S/C25H42/c1-4-8-22-11-15-24(16-12-22)19-20-25-17-13-23(14-18-25)10-7-9-21(5-2)6-3/h13-14,17-18,21-22,24H,4-12,15-16,19-20H2,1-3H3/t22-,24-. The second-order valence-electron chi connectivity index (χ2n) is 8.61. The number of benzene rings is 1. The molecular formula is C25H42. The maximum Gasteiger partial charge on any atom is -0.0276 e. The summed E-state index contributed by atoms with van der Waals surface area (Å²) in [6.45, 7) is 7.00. The van der Waals surface area contributed by atoms with Crippen molar-refractivity contribution in [3.8, 4) is 0 Å². The first-order chi connectivity index (χ1) is 12.2. The summed E-state index contributed by atoms with van der Waals surface area (Å²) in [5.74, 6) is 2.97. The summed E-state index contributed by atoms with van der Waals surface area (Å²) in [7, 11) is 0.